The summed E-state index contributed by atoms with van der Waals surface area (Å²) >= 11 is 0. The van der Waals surface area contributed by atoms with Crippen molar-refractivity contribution in [3.05, 3.63) is 54.0 Å². The molecule has 0 aliphatic carbocycles. The third-order valence-electron chi connectivity index (χ3n) is 4.41. The molecule has 1 amide bonds. The zero-order valence-electron chi connectivity index (χ0n) is 14.2. The first-order valence-electron chi connectivity index (χ1n) is 8.60. The minimum absolute atomic E-state index is 0.0719. The van der Waals surface area contributed by atoms with Crippen LogP contribution in [0.5, 0.6) is 0 Å². The van der Waals surface area contributed by atoms with Crippen LogP contribution in [-0.4, -0.2) is 40.9 Å². The van der Waals surface area contributed by atoms with E-state index >= 15 is 0 Å². The molecule has 0 bridgehead atoms. The van der Waals surface area contributed by atoms with E-state index in [1.807, 2.05) is 43.4 Å². The Morgan fingerprint density at radius 2 is 1.79 bits per heavy atom. The predicted molar refractivity (Wildman–Crippen MR) is 95.0 cm³/mol. The summed E-state index contributed by atoms with van der Waals surface area (Å²) < 4.78 is 0. The molecule has 3 rings (SSSR count). The van der Waals surface area contributed by atoms with Crippen LogP contribution < -0.4 is 4.90 Å². The molecule has 1 aromatic carbocycles. The minimum Gasteiger partial charge on any atom is -0.357 e. The summed E-state index contributed by atoms with van der Waals surface area (Å²) in [5, 5.41) is 0. The Labute approximate surface area is 143 Å². The van der Waals surface area contributed by atoms with Gasteiger partial charge >= 0.3 is 0 Å². The normalized spacial score (nSPS) is 15.0. The molecule has 1 aliphatic heterocycles. The standard InChI is InChI=1S/C19H24N4O/c1-22(14-16-9-5-4-6-10-16)19(24)17-13-18(21-15-20-17)23-11-7-2-3-8-12-23/h4-6,9-10,13,15H,2-3,7-8,11-12,14H2,1H3. The van der Waals surface area contributed by atoms with Crippen molar-refractivity contribution in [2.24, 2.45) is 0 Å². The number of anilines is 1. The molecule has 2 aromatic rings. The van der Waals surface area contributed by atoms with Crippen LogP contribution in [0.4, 0.5) is 5.82 Å². The van der Waals surface area contributed by atoms with Gasteiger partial charge in [-0.3, -0.25) is 4.79 Å². The van der Waals surface area contributed by atoms with Gasteiger partial charge in [0.15, 0.2) is 0 Å². The third kappa shape index (κ3) is 4.10. The predicted octanol–water partition coefficient (Wildman–Crippen LogP) is 3.13. The SMILES string of the molecule is CN(Cc1ccccc1)C(=O)c1cc(N2CCCCCC2)ncn1. The van der Waals surface area contributed by atoms with Crippen molar-refractivity contribution in [1.29, 1.82) is 0 Å². The lowest BCUT2D eigenvalue weighted by molar-refractivity contribution is 0.0779. The van der Waals surface area contributed by atoms with E-state index in [9.17, 15) is 4.79 Å². The number of hydrogen-bond acceptors (Lipinski definition) is 4. The first-order chi connectivity index (χ1) is 11.7. The minimum atomic E-state index is -0.0719. The highest BCUT2D eigenvalue weighted by molar-refractivity contribution is 5.92. The summed E-state index contributed by atoms with van der Waals surface area (Å²) in [6.45, 7) is 2.58. The van der Waals surface area contributed by atoms with Gasteiger partial charge in [0.25, 0.3) is 5.91 Å². The molecule has 5 heteroatoms. The van der Waals surface area contributed by atoms with Gasteiger partial charge in [-0.1, -0.05) is 43.2 Å². The number of hydrogen-bond donors (Lipinski definition) is 0. The highest BCUT2D eigenvalue weighted by atomic mass is 16.2. The number of benzene rings is 1. The van der Waals surface area contributed by atoms with E-state index in [1.54, 1.807) is 4.90 Å². The summed E-state index contributed by atoms with van der Waals surface area (Å²) in [7, 11) is 1.81. The maximum Gasteiger partial charge on any atom is 0.272 e. The molecular formula is C19H24N4O. The Balaban J connectivity index is 1.71. The van der Waals surface area contributed by atoms with Crippen LogP contribution in [0.15, 0.2) is 42.7 Å². The van der Waals surface area contributed by atoms with Crippen LogP contribution in [0, 0.1) is 0 Å². The van der Waals surface area contributed by atoms with Crippen molar-refractivity contribution >= 4 is 11.7 Å². The van der Waals surface area contributed by atoms with E-state index in [-0.39, 0.29) is 5.91 Å². The lowest BCUT2D eigenvalue weighted by Gasteiger charge is -2.22. The molecule has 1 aromatic heterocycles. The molecule has 0 unspecified atom stereocenters. The number of rotatable bonds is 4. The third-order valence-corrected chi connectivity index (χ3v) is 4.41. The van der Waals surface area contributed by atoms with Crippen molar-refractivity contribution in [2.45, 2.75) is 32.2 Å². The average molecular weight is 324 g/mol. The highest BCUT2D eigenvalue weighted by Gasteiger charge is 2.17. The van der Waals surface area contributed by atoms with Crippen molar-refractivity contribution < 1.29 is 4.79 Å². The van der Waals surface area contributed by atoms with Crippen LogP contribution in [0.25, 0.3) is 0 Å². The molecule has 0 spiro atoms. The zero-order valence-corrected chi connectivity index (χ0v) is 14.2. The lowest BCUT2D eigenvalue weighted by Crippen LogP contribution is -2.29. The average Bonchev–Trinajstić information content (AvgIpc) is 2.91. The molecule has 5 nitrogen and oxygen atoms in total. The van der Waals surface area contributed by atoms with Crippen molar-refractivity contribution in [2.75, 3.05) is 25.0 Å². The number of carbonyl (C=O) groups excluding carboxylic acids is 1. The summed E-state index contributed by atoms with van der Waals surface area (Å²) in [4.78, 5) is 25.2. The Hall–Kier alpha value is -2.43. The van der Waals surface area contributed by atoms with Gasteiger partial charge in [0.1, 0.15) is 17.8 Å². The Morgan fingerprint density at radius 3 is 2.50 bits per heavy atom. The first kappa shape index (κ1) is 16.4. The van der Waals surface area contributed by atoms with Gasteiger partial charge < -0.3 is 9.80 Å². The fraction of sp³-hybridized carbons (Fsp3) is 0.421. The Bertz CT molecular complexity index is 666. The van der Waals surface area contributed by atoms with Crippen LogP contribution in [0.2, 0.25) is 0 Å². The fourth-order valence-electron chi connectivity index (χ4n) is 3.06. The van der Waals surface area contributed by atoms with Gasteiger partial charge in [-0.25, -0.2) is 9.97 Å². The Morgan fingerprint density at radius 1 is 1.08 bits per heavy atom. The highest BCUT2D eigenvalue weighted by Crippen LogP contribution is 2.18. The smallest absolute Gasteiger partial charge is 0.272 e. The molecule has 0 radical (unpaired) electrons. The van der Waals surface area contributed by atoms with Crippen LogP contribution in [0.3, 0.4) is 0 Å². The second-order valence-electron chi connectivity index (χ2n) is 6.31. The Kier molecular flexibility index (Phi) is 5.41. The number of nitrogens with zero attached hydrogens (tertiary/aromatic N) is 4. The molecule has 1 saturated heterocycles. The number of carbonyl (C=O) groups is 1. The summed E-state index contributed by atoms with van der Waals surface area (Å²) in [6.07, 6.45) is 6.41. The number of amides is 1. The molecule has 0 atom stereocenters. The zero-order chi connectivity index (χ0) is 16.8. The van der Waals surface area contributed by atoms with E-state index in [0.717, 1.165) is 24.5 Å². The molecule has 24 heavy (non-hydrogen) atoms. The van der Waals surface area contributed by atoms with Gasteiger partial charge in [-0.2, -0.15) is 0 Å². The second-order valence-corrected chi connectivity index (χ2v) is 6.31. The van der Waals surface area contributed by atoms with Gasteiger partial charge in [-0.15, -0.1) is 0 Å². The molecule has 2 heterocycles. The quantitative estimate of drug-likeness (QED) is 0.867. The summed E-state index contributed by atoms with van der Waals surface area (Å²) in [5.41, 5.74) is 1.57. The number of aromatic nitrogens is 2. The molecular weight excluding hydrogens is 300 g/mol. The molecule has 0 saturated carbocycles. The van der Waals surface area contributed by atoms with Crippen LogP contribution in [-0.2, 0) is 6.54 Å². The van der Waals surface area contributed by atoms with Gasteiger partial charge in [0.2, 0.25) is 0 Å². The molecule has 0 N–H and O–H groups in total. The van der Waals surface area contributed by atoms with Crippen molar-refractivity contribution in [1.82, 2.24) is 14.9 Å². The molecule has 1 aliphatic rings. The van der Waals surface area contributed by atoms with Gasteiger partial charge in [0.05, 0.1) is 0 Å². The van der Waals surface area contributed by atoms with Gasteiger partial charge in [0, 0.05) is 32.7 Å². The summed E-state index contributed by atoms with van der Waals surface area (Å²) in [5.74, 6) is 0.792. The monoisotopic (exact) mass is 324 g/mol. The van der Waals surface area contributed by atoms with Crippen LogP contribution in [0.1, 0.15) is 41.7 Å². The van der Waals surface area contributed by atoms with Crippen molar-refractivity contribution in [3.63, 3.8) is 0 Å². The van der Waals surface area contributed by atoms with E-state index in [4.69, 9.17) is 0 Å². The first-order valence-corrected chi connectivity index (χ1v) is 8.60. The van der Waals surface area contributed by atoms with E-state index in [2.05, 4.69) is 14.9 Å². The van der Waals surface area contributed by atoms with Crippen molar-refractivity contribution in [3.8, 4) is 0 Å². The molecule has 1 fully saturated rings. The topological polar surface area (TPSA) is 49.3 Å². The fourth-order valence-corrected chi connectivity index (χ4v) is 3.06. The second kappa shape index (κ2) is 7.90. The van der Waals surface area contributed by atoms with E-state index in [1.165, 1.54) is 32.0 Å². The lowest BCUT2D eigenvalue weighted by atomic mass is 10.2. The van der Waals surface area contributed by atoms with E-state index < -0.39 is 0 Å². The van der Waals surface area contributed by atoms with E-state index in [0.29, 0.717) is 12.2 Å². The van der Waals surface area contributed by atoms with Gasteiger partial charge in [-0.05, 0) is 18.4 Å². The maximum absolute atomic E-state index is 12.7. The largest absolute Gasteiger partial charge is 0.357 e. The molecule has 126 valence electrons. The summed E-state index contributed by atoms with van der Waals surface area (Å²) in [6, 6.07) is 11.8. The van der Waals surface area contributed by atoms with Crippen LogP contribution >= 0.6 is 0 Å². The maximum atomic E-state index is 12.7.